The van der Waals surface area contributed by atoms with Crippen molar-refractivity contribution in [2.24, 2.45) is 10.9 Å². The summed E-state index contributed by atoms with van der Waals surface area (Å²) in [6.45, 7) is 8.12. The molecule has 0 bridgehead atoms. The van der Waals surface area contributed by atoms with Gasteiger partial charge in [0.15, 0.2) is 5.84 Å². The van der Waals surface area contributed by atoms with Gasteiger partial charge in [0.1, 0.15) is 0 Å². The van der Waals surface area contributed by atoms with E-state index in [1.807, 2.05) is 43.7 Å². The summed E-state index contributed by atoms with van der Waals surface area (Å²) >= 11 is 0. The molecule has 0 aliphatic heterocycles. The summed E-state index contributed by atoms with van der Waals surface area (Å²) in [7, 11) is 0. The summed E-state index contributed by atoms with van der Waals surface area (Å²) in [5.74, 6) is 0.0919. The van der Waals surface area contributed by atoms with E-state index in [4.69, 9.17) is 10.9 Å². The lowest BCUT2D eigenvalue weighted by atomic mass is 10.1. The van der Waals surface area contributed by atoms with Crippen LogP contribution in [0.4, 0.5) is 0 Å². The van der Waals surface area contributed by atoms with E-state index in [1.165, 1.54) is 5.56 Å². The van der Waals surface area contributed by atoms with Crippen molar-refractivity contribution in [1.29, 1.82) is 0 Å². The Morgan fingerprint density at radius 3 is 2.60 bits per heavy atom. The highest BCUT2D eigenvalue weighted by molar-refractivity contribution is 6.00. The molecule has 0 aliphatic rings. The summed E-state index contributed by atoms with van der Waals surface area (Å²) in [4.78, 5) is 0. The summed E-state index contributed by atoms with van der Waals surface area (Å²) in [6.07, 6.45) is 0.933. The van der Waals surface area contributed by atoms with Crippen molar-refractivity contribution in [2.45, 2.75) is 34.1 Å². The van der Waals surface area contributed by atoms with Gasteiger partial charge in [0.2, 0.25) is 0 Å². The number of rotatable bonds is 3. The molecule has 0 atom stereocenters. The van der Waals surface area contributed by atoms with Crippen LogP contribution in [0.3, 0.4) is 0 Å². The van der Waals surface area contributed by atoms with E-state index in [0.29, 0.717) is 5.56 Å². The molecular weight excluding hydrogens is 252 g/mol. The Morgan fingerprint density at radius 1 is 1.35 bits per heavy atom. The predicted octanol–water partition coefficient (Wildman–Crippen LogP) is 2.45. The molecule has 5 nitrogen and oxygen atoms in total. The fraction of sp³-hybridized carbons (Fsp3) is 0.333. The van der Waals surface area contributed by atoms with Crippen LogP contribution in [-0.2, 0) is 6.42 Å². The van der Waals surface area contributed by atoms with Gasteiger partial charge in [-0.1, -0.05) is 23.7 Å². The van der Waals surface area contributed by atoms with Crippen LogP contribution in [0, 0.1) is 20.8 Å². The second kappa shape index (κ2) is 5.36. The van der Waals surface area contributed by atoms with Crippen molar-refractivity contribution in [3.05, 3.63) is 46.3 Å². The van der Waals surface area contributed by atoms with Crippen molar-refractivity contribution in [3.63, 3.8) is 0 Å². The van der Waals surface area contributed by atoms with Crippen molar-refractivity contribution in [2.75, 3.05) is 0 Å². The number of oxime groups is 1. The van der Waals surface area contributed by atoms with Gasteiger partial charge in [0.25, 0.3) is 0 Å². The maximum absolute atomic E-state index is 8.96. The van der Waals surface area contributed by atoms with E-state index >= 15 is 0 Å². The fourth-order valence-corrected chi connectivity index (χ4v) is 2.51. The molecule has 20 heavy (non-hydrogen) atoms. The molecule has 1 heterocycles. The molecule has 106 valence electrons. The summed E-state index contributed by atoms with van der Waals surface area (Å²) in [6, 6.07) is 5.83. The number of nitrogens with two attached hydrogens (primary N) is 1. The van der Waals surface area contributed by atoms with Crippen molar-refractivity contribution in [1.82, 2.24) is 9.78 Å². The van der Waals surface area contributed by atoms with Gasteiger partial charge in [0, 0.05) is 11.3 Å². The normalized spacial score (nSPS) is 11.9. The first-order valence-electron chi connectivity index (χ1n) is 6.63. The average Bonchev–Trinajstić information content (AvgIpc) is 2.72. The molecular formula is C15H20N4O. The highest BCUT2D eigenvalue weighted by atomic mass is 16.4. The quantitative estimate of drug-likeness (QED) is 0.390. The minimum atomic E-state index is 0.0919. The van der Waals surface area contributed by atoms with Crippen LogP contribution >= 0.6 is 0 Å². The third-order valence-electron chi connectivity index (χ3n) is 3.56. The Bertz CT molecular complexity index is 671. The van der Waals surface area contributed by atoms with Crippen molar-refractivity contribution < 1.29 is 5.21 Å². The third kappa shape index (κ3) is 2.27. The van der Waals surface area contributed by atoms with Crippen LogP contribution in [-0.4, -0.2) is 20.8 Å². The standard InChI is InChI=1S/C15H20N4O/c1-5-12-10(3)17-19(11(12)4)14-7-6-9(2)8-13(14)15(16)18-20/h6-8,20H,5H2,1-4H3,(H2,16,18). The van der Waals surface area contributed by atoms with E-state index in [9.17, 15) is 0 Å². The van der Waals surface area contributed by atoms with Gasteiger partial charge in [-0.15, -0.1) is 0 Å². The SMILES string of the molecule is CCc1c(C)nn(-c2ccc(C)cc2/C(N)=N/O)c1C. The molecule has 1 aromatic heterocycles. The summed E-state index contributed by atoms with van der Waals surface area (Å²) in [5, 5.41) is 16.7. The van der Waals surface area contributed by atoms with E-state index in [0.717, 1.165) is 29.1 Å². The van der Waals surface area contributed by atoms with Crippen molar-refractivity contribution in [3.8, 4) is 5.69 Å². The maximum atomic E-state index is 8.96. The number of hydrogen-bond donors (Lipinski definition) is 2. The lowest BCUT2D eigenvalue weighted by molar-refractivity contribution is 0.318. The van der Waals surface area contributed by atoms with E-state index in [1.54, 1.807) is 0 Å². The van der Waals surface area contributed by atoms with Gasteiger partial charge in [-0.2, -0.15) is 5.10 Å². The Kier molecular flexibility index (Phi) is 3.79. The van der Waals surface area contributed by atoms with Gasteiger partial charge < -0.3 is 10.9 Å². The number of aryl methyl sites for hydroxylation is 2. The van der Waals surface area contributed by atoms with Gasteiger partial charge in [-0.3, -0.25) is 0 Å². The minimum absolute atomic E-state index is 0.0919. The zero-order valence-corrected chi connectivity index (χ0v) is 12.3. The molecule has 0 amide bonds. The molecule has 3 N–H and O–H groups in total. The first kappa shape index (κ1) is 14.1. The van der Waals surface area contributed by atoms with Crippen LogP contribution < -0.4 is 5.73 Å². The molecule has 0 unspecified atom stereocenters. The van der Waals surface area contributed by atoms with Gasteiger partial charge in [0.05, 0.1) is 11.4 Å². The molecule has 2 rings (SSSR count). The highest BCUT2D eigenvalue weighted by Crippen LogP contribution is 2.22. The van der Waals surface area contributed by atoms with Crippen molar-refractivity contribution >= 4 is 5.84 Å². The Hall–Kier alpha value is -2.30. The van der Waals surface area contributed by atoms with Crippen LogP contribution in [0.15, 0.2) is 23.4 Å². The van der Waals surface area contributed by atoms with Gasteiger partial charge >= 0.3 is 0 Å². The lowest BCUT2D eigenvalue weighted by Gasteiger charge is -2.11. The second-order valence-corrected chi connectivity index (χ2v) is 4.92. The second-order valence-electron chi connectivity index (χ2n) is 4.92. The molecule has 0 aliphatic carbocycles. The first-order chi connectivity index (χ1) is 9.49. The van der Waals surface area contributed by atoms with Crippen LogP contribution in [0.5, 0.6) is 0 Å². The van der Waals surface area contributed by atoms with Crippen LogP contribution in [0.25, 0.3) is 5.69 Å². The molecule has 0 spiro atoms. The molecule has 2 aromatic rings. The fourth-order valence-electron chi connectivity index (χ4n) is 2.51. The monoisotopic (exact) mass is 272 g/mol. The highest BCUT2D eigenvalue weighted by Gasteiger charge is 2.15. The predicted molar refractivity (Wildman–Crippen MR) is 79.7 cm³/mol. The third-order valence-corrected chi connectivity index (χ3v) is 3.56. The molecule has 0 saturated carbocycles. The summed E-state index contributed by atoms with van der Waals surface area (Å²) < 4.78 is 1.86. The minimum Gasteiger partial charge on any atom is -0.409 e. The van der Waals surface area contributed by atoms with E-state index < -0.39 is 0 Å². The first-order valence-corrected chi connectivity index (χ1v) is 6.63. The molecule has 5 heteroatoms. The molecule has 0 fully saturated rings. The molecule has 0 saturated heterocycles. The number of amidine groups is 1. The number of benzene rings is 1. The number of hydrogen-bond acceptors (Lipinski definition) is 3. The molecule has 0 radical (unpaired) electrons. The maximum Gasteiger partial charge on any atom is 0.172 e. The zero-order valence-electron chi connectivity index (χ0n) is 12.3. The van der Waals surface area contributed by atoms with Crippen LogP contribution in [0.1, 0.15) is 35.0 Å². The Morgan fingerprint density at radius 2 is 2.05 bits per heavy atom. The lowest BCUT2D eigenvalue weighted by Crippen LogP contribution is -2.17. The topological polar surface area (TPSA) is 76.4 Å². The Balaban J connectivity index is 2.70. The smallest absolute Gasteiger partial charge is 0.172 e. The van der Waals surface area contributed by atoms with E-state index in [-0.39, 0.29) is 5.84 Å². The zero-order chi connectivity index (χ0) is 14.9. The Labute approximate surface area is 118 Å². The molecule has 1 aromatic carbocycles. The number of aromatic nitrogens is 2. The average molecular weight is 272 g/mol. The van der Waals surface area contributed by atoms with Gasteiger partial charge in [-0.05, 0) is 44.9 Å². The summed E-state index contributed by atoms with van der Waals surface area (Å²) in [5.41, 5.74) is 11.7. The number of nitrogens with zero attached hydrogens (tertiary/aromatic N) is 3. The van der Waals surface area contributed by atoms with Crippen LogP contribution in [0.2, 0.25) is 0 Å². The van der Waals surface area contributed by atoms with E-state index in [2.05, 4.69) is 17.2 Å². The largest absolute Gasteiger partial charge is 0.409 e. The van der Waals surface area contributed by atoms with Gasteiger partial charge in [-0.25, -0.2) is 4.68 Å².